The molecule has 0 bridgehead atoms. The van der Waals surface area contributed by atoms with Crippen LogP contribution >= 0.6 is 0 Å². The van der Waals surface area contributed by atoms with Crippen molar-refractivity contribution in [2.75, 3.05) is 6.54 Å². The summed E-state index contributed by atoms with van der Waals surface area (Å²) in [5, 5.41) is 0. The van der Waals surface area contributed by atoms with Gasteiger partial charge in [-0.1, -0.05) is 0 Å². The van der Waals surface area contributed by atoms with Crippen molar-refractivity contribution in [3.05, 3.63) is 35.4 Å². The summed E-state index contributed by atoms with van der Waals surface area (Å²) in [5.41, 5.74) is 11.5. The van der Waals surface area contributed by atoms with E-state index in [1.807, 2.05) is 0 Å². The fourth-order valence-electron chi connectivity index (χ4n) is 1.29. The molecule has 0 saturated heterocycles. The Morgan fingerprint density at radius 1 is 1.14 bits per heavy atom. The Morgan fingerprint density at radius 3 is 2.21 bits per heavy atom. The van der Waals surface area contributed by atoms with Crippen LogP contribution in [0.3, 0.4) is 0 Å². The van der Waals surface area contributed by atoms with Crippen molar-refractivity contribution in [1.29, 1.82) is 0 Å². The minimum atomic E-state index is -0.594. The third-order valence-corrected chi connectivity index (χ3v) is 2.03. The molecule has 0 unspecified atom stereocenters. The number of nitrogens with two attached hydrogens (primary N) is 2. The van der Waals surface area contributed by atoms with Gasteiger partial charge in [-0.05, 0) is 37.1 Å². The number of rotatable bonds is 4. The second-order valence-corrected chi connectivity index (χ2v) is 3.24. The van der Waals surface area contributed by atoms with Crippen molar-refractivity contribution in [3.63, 3.8) is 0 Å². The minimum Gasteiger partial charge on any atom is -0.330 e. The van der Waals surface area contributed by atoms with E-state index in [-0.39, 0.29) is 6.04 Å². The molecule has 0 aromatic heterocycles. The zero-order chi connectivity index (χ0) is 10.6. The fraction of sp³-hybridized carbons (Fsp3) is 0.400. The van der Waals surface area contributed by atoms with Crippen LogP contribution in [-0.2, 0) is 0 Å². The predicted molar refractivity (Wildman–Crippen MR) is 51.6 cm³/mol. The number of hydrogen-bond donors (Lipinski definition) is 2. The Morgan fingerprint density at radius 2 is 1.71 bits per heavy atom. The lowest BCUT2D eigenvalue weighted by Gasteiger charge is -2.11. The molecule has 0 fully saturated rings. The predicted octanol–water partition coefficient (Wildman–Crippen LogP) is 1.70. The smallest absolute Gasteiger partial charge is 0.126 e. The summed E-state index contributed by atoms with van der Waals surface area (Å²) in [4.78, 5) is 0. The van der Waals surface area contributed by atoms with Crippen LogP contribution in [0.4, 0.5) is 8.78 Å². The van der Waals surface area contributed by atoms with Gasteiger partial charge in [-0.2, -0.15) is 0 Å². The fourth-order valence-corrected chi connectivity index (χ4v) is 1.29. The molecule has 14 heavy (non-hydrogen) atoms. The van der Waals surface area contributed by atoms with Crippen LogP contribution in [0.25, 0.3) is 0 Å². The van der Waals surface area contributed by atoms with Crippen LogP contribution in [0.15, 0.2) is 18.2 Å². The summed E-state index contributed by atoms with van der Waals surface area (Å²) in [6.45, 7) is 0.533. The summed E-state index contributed by atoms with van der Waals surface area (Å²) in [5.74, 6) is -1.19. The summed E-state index contributed by atoms with van der Waals surface area (Å²) in [6.07, 6.45) is 1.39. The van der Waals surface area contributed by atoms with E-state index in [9.17, 15) is 8.78 Å². The van der Waals surface area contributed by atoms with Gasteiger partial charge in [-0.3, -0.25) is 0 Å². The normalized spacial score (nSPS) is 12.9. The van der Waals surface area contributed by atoms with Crippen LogP contribution in [0.1, 0.15) is 24.4 Å². The van der Waals surface area contributed by atoms with Gasteiger partial charge in [0.2, 0.25) is 0 Å². The molecule has 0 aliphatic heterocycles. The van der Waals surface area contributed by atoms with Crippen molar-refractivity contribution >= 4 is 0 Å². The highest BCUT2D eigenvalue weighted by molar-refractivity contribution is 5.20. The van der Waals surface area contributed by atoms with E-state index in [4.69, 9.17) is 11.5 Å². The van der Waals surface area contributed by atoms with Gasteiger partial charge in [-0.25, -0.2) is 8.78 Å². The monoisotopic (exact) mass is 200 g/mol. The molecule has 4 heteroatoms. The largest absolute Gasteiger partial charge is 0.330 e. The second-order valence-electron chi connectivity index (χ2n) is 3.24. The van der Waals surface area contributed by atoms with Crippen LogP contribution in [0, 0.1) is 11.6 Å². The van der Waals surface area contributed by atoms with Gasteiger partial charge in [0.1, 0.15) is 11.6 Å². The number of benzene rings is 1. The first-order chi connectivity index (χ1) is 6.63. The Hall–Kier alpha value is -1.00. The zero-order valence-electron chi connectivity index (χ0n) is 7.84. The molecule has 1 atom stereocenters. The van der Waals surface area contributed by atoms with Gasteiger partial charge in [0, 0.05) is 12.1 Å². The van der Waals surface area contributed by atoms with Gasteiger partial charge in [0.25, 0.3) is 0 Å². The van der Waals surface area contributed by atoms with E-state index in [0.717, 1.165) is 12.5 Å². The van der Waals surface area contributed by atoms with E-state index in [1.165, 1.54) is 12.1 Å². The third kappa shape index (κ3) is 3.05. The Kier molecular flexibility index (Phi) is 3.98. The van der Waals surface area contributed by atoms with Crippen molar-refractivity contribution < 1.29 is 8.78 Å². The first-order valence-electron chi connectivity index (χ1n) is 4.55. The summed E-state index contributed by atoms with van der Waals surface area (Å²) in [7, 11) is 0. The maximum atomic E-state index is 12.8. The third-order valence-electron chi connectivity index (χ3n) is 2.03. The highest BCUT2D eigenvalue weighted by Crippen LogP contribution is 2.17. The minimum absolute atomic E-state index is 0.344. The average Bonchev–Trinajstić information content (AvgIpc) is 2.12. The number of hydrogen-bond acceptors (Lipinski definition) is 2. The van der Waals surface area contributed by atoms with Crippen molar-refractivity contribution in [1.82, 2.24) is 0 Å². The summed E-state index contributed by atoms with van der Waals surface area (Å²) >= 11 is 0. The average molecular weight is 200 g/mol. The molecule has 4 N–H and O–H groups in total. The van der Waals surface area contributed by atoms with Crippen LogP contribution in [0.2, 0.25) is 0 Å². The highest BCUT2D eigenvalue weighted by Gasteiger charge is 2.08. The maximum absolute atomic E-state index is 12.8. The van der Waals surface area contributed by atoms with Crippen LogP contribution < -0.4 is 11.5 Å². The lowest BCUT2D eigenvalue weighted by atomic mass is 10.0. The molecule has 0 aliphatic carbocycles. The van der Waals surface area contributed by atoms with E-state index in [2.05, 4.69) is 0 Å². The molecule has 0 saturated carbocycles. The molecule has 0 spiro atoms. The molecule has 1 aromatic rings. The number of halogens is 2. The molecule has 78 valence electrons. The zero-order valence-corrected chi connectivity index (χ0v) is 7.84. The lowest BCUT2D eigenvalue weighted by molar-refractivity contribution is 0.562. The van der Waals surface area contributed by atoms with Crippen molar-refractivity contribution in [2.45, 2.75) is 18.9 Å². The summed E-state index contributed by atoms with van der Waals surface area (Å²) in [6, 6.07) is 3.00. The molecule has 0 amide bonds. The van der Waals surface area contributed by atoms with E-state index >= 15 is 0 Å². The first kappa shape index (κ1) is 11.1. The van der Waals surface area contributed by atoms with Gasteiger partial charge in [-0.15, -0.1) is 0 Å². The topological polar surface area (TPSA) is 52.0 Å². The van der Waals surface area contributed by atoms with Crippen molar-refractivity contribution in [3.8, 4) is 0 Å². The molecule has 0 heterocycles. The lowest BCUT2D eigenvalue weighted by Crippen LogP contribution is -2.13. The Labute approximate surface area is 81.9 Å². The SMILES string of the molecule is NCCC[C@@H](N)c1cc(F)cc(F)c1. The van der Waals surface area contributed by atoms with Crippen molar-refractivity contribution in [2.24, 2.45) is 11.5 Å². The van der Waals surface area contributed by atoms with Crippen LogP contribution in [0.5, 0.6) is 0 Å². The molecular weight excluding hydrogens is 186 g/mol. The molecule has 0 aliphatic rings. The summed E-state index contributed by atoms with van der Waals surface area (Å²) < 4.78 is 25.6. The molecule has 0 radical (unpaired) electrons. The maximum Gasteiger partial charge on any atom is 0.126 e. The van der Waals surface area contributed by atoms with E-state index in [0.29, 0.717) is 18.5 Å². The molecular formula is C10H14F2N2. The highest BCUT2D eigenvalue weighted by atomic mass is 19.1. The first-order valence-corrected chi connectivity index (χ1v) is 4.55. The molecule has 1 aromatic carbocycles. The molecule has 2 nitrogen and oxygen atoms in total. The van der Waals surface area contributed by atoms with Gasteiger partial charge >= 0.3 is 0 Å². The van der Waals surface area contributed by atoms with Crippen LogP contribution in [-0.4, -0.2) is 6.54 Å². The Balaban J connectivity index is 2.73. The van der Waals surface area contributed by atoms with Gasteiger partial charge in [0.15, 0.2) is 0 Å². The molecule has 1 rings (SSSR count). The Bertz CT molecular complexity index is 282. The van der Waals surface area contributed by atoms with Gasteiger partial charge < -0.3 is 11.5 Å². The quantitative estimate of drug-likeness (QED) is 0.777. The van der Waals surface area contributed by atoms with E-state index in [1.54, 1.807) is 0 Å². The van der Waals surface area contributed by atoms with E-state index < -0.39 is 11.6 Å². The second kappa shape index (κ2) is 5.02. The standard InChI is InChI=1S/C10H14F2N2/c11-8-4-7(5-9(12)6-8)10(14)2-1-3-13/h4-6,10H,1-3,13-14H2/t10-/m1/s1. The van der Waals surface area contributed by atoms with Gasteiger partial charge in [0.05, 0.1) is 0 Å².